The van der Waals surface area contributed by atoms with Crippen LogP contribution < -0.4 is 15.9 Å². The third kappa shape index (κ3) is 2.72. The van der Waals surface area contributed by atoms with Crippen LogP contribution >= 0.6 is 7.14 Å². The second kappa shape index (κ2) is 6.24. The van der Waals surface area contributed by atoms with Crippen molar-refractivity contribution in [1.29, 1.82) is 5.26 Å². The predicted molar refractivity (Wildman–Crippen MR) is 95.3 cm³/mol. The molecule has 2 nitrogen and oxygen atoms in total. The number of nitriles is 1. The van der Waals surface area contributed by atoms with Crippen molar-refractivity contribution < 1.29 is 4.57 Å². The molecule has 112 valence electrons. The van der Waals surface area contributed by atoms with Gasteiger partial charge in [0, 0.05) is 15.9 Å². The number of rotatable bonds is 3. The molecule has 0 heterocycles. The summed E-state index contributed by atoms with van der Waals surface area (Å²) in [5.41, 5.74) is 1.46. The second-order valence-electron chi connectivity index (χ2n) is 5.39. The molecule has 0 N–H and O–H groups in total. The lowest BCUT2D eigenvalue weighted by molar-refractivity contribution is 0.592. The van der Waals surface area contributed by atoms with Crippen LogP contribution in [0.15, 0.2) is 78.9 Å². The van der Waals surface area contributed by atoms with E-state index in [0.717, 1.165) is 16.2 Å². The summed E-state index contributed by atoms with van der Waals surface area (Å²) in [6.45, 7) is 1.89. The molecule has 0 saturated heterocycles. The van der Waals surface area contributed by atoms with Crippen molar-refractivity contribution in [2.24, 2.45) is 0 Å². The fraction of sp³-hybridized carbons (Fsp3) is 0.0500. The molecular weight excluding hydrogens is 301 g/mol. The summed E-state index contributed by atoms with van der Waals surface area (Å²) in [6, 6.07) is 26.6. The van der Waals surface area contributed by atoms with Crippen LogP contribution in [0.2, 0.25) is 0 Å². The molecule has 0 amide bonds. The van der Waals surface area contributed by atoms with E-state index in [1.807, 2.05) is 79.7 Å². The molecule has 0 aromatic heterocycles. The van der Waals surface area contributed by atoms with Crippen LogP contribution in [0.25, 0.3) is 0 Å². The van der Waals surface area contributed by atoms with E-state index in [9.17, 15) is 9.83 Å². The van der Waals surface area contributed by atoms with Gasteiger partial charge < -0.3 is 4.57 Å². The van der Waals surface area contributed by atoms with Gasteiger partial charge in [0.15, 0.2) is 7.14 Å². The monoisotopic (exact) mass is 317 g/mol. The van der Waals surface area contributed by atoms with Crippen molar-refractivity contribution in [3.8, 4) is 6.07 Å². The molecular formula is C20H16NOP. The number of hydrogen-bond donors (Lipinski definition) is 0. The molecule has 0 fully saturated rings. The van der Waals surface area contributed by atoms with Crippen LogP contribution in [0.4, 0.5) is 0 Å². The highest BCUT2D eigenvalue weighted by Gasteiger charge is 2.29. The molecule has 0 aliphatic carbocycles. The first kappa shape index (κ1) is 15.3. The van der Waals surface area contributed by atoms with Gasteiger partial charge in [0.1, 0.15) is 0 Å². The first-order chi connectivity index (χ1) is 11.2. The topological polar surface area (TPSA) is 40.9 Å². The molecule has 3 rings (SSSR count). The molecule has 0 atom stereocenters. The van der Waals surface area contributed by atoms with Gasteiger partial charge in [-0.05, 0) is 18.6 Å². The van der Waals surface area contributed by atoms with E-state index in [2.05, 4.69) is 6.07 Å². The van der Waals surface area contributed by atoms with Gasteiger partial charge in [0.25, 0.3) is 0 Å². The summed E-state index contributed by atoms with van der Waals surface area (Å²) < 4.78 is 14.1. The summed E-state index contributed by atoms with van der Waals surface area (Å²) in [5.74, 6) is 0. The van der Waals surface area contributed by atoms with Gasteiger partial charge in [-0.2, -0.15) is 5.26 Å². The summed E-state index contributed by atoms with van der Waals surface area (Å²) in [5, 5.41) is 11.6. The van der Waals surface area contributed by atoms with E-state index in [1.165, 1.54) is 0 Å². The quantitative estimate of drug-likeness (QED) is 0.694. The van der Waals surface area contributed by atoms with Crippen molar-refractivity contribution in [1.82, 2.24) is 0 Å². The van der Waals surface area contributed by atoms with Crippen LogP contribution in [0.5, 0.6) is 0 Å². The van der Waals surface area contributed by atoms with E-state index >= 15 is 0 Å². The molecule has 3 aromatic carbocycles. The minimum Gasteiger partial charge on any atom is -0.309 e. The standard InChI is InChI=1S/C20H16NOP/c1-16-12-13-20(14-17(16)15-21)23(22,18-8-4-2-5-9-18)19-10-6-3-7-11-19/h2-14H,1H3. The average Bonchev–Trinajstić information content (AvgIpc) is 2.63. The first-order valence-electron chi connectivity index (χ1n) is 7.39. The molecule has 0 radical (unpaired) electrons. The van der Waals surface area contributed by atoms with Gasteiger partial charge in [0.05, 0.1) is 11.6 Å². The number of benzene rings is 3. The van der Waals surface area contributed by atoms with Crippen molar-refractivity contribution in [3.63, 3.8) is 0 Å². The summed E-state index contributed by atoms with van der Waals surface area (Å²) >= 11 is 0. The summed E-state index contributed by atoms with van der Waals surface area (Å²) in [6.07, 6.45) is 0. The molecule has 0 unspecified atom stereocenters. The lowest BCUT2D eigenvalue weighted by Gasteiger charge is -2.20. The Morgan fingerprint density at radius 3 is 1.78 bits per heavy atom. The zero-order chi connectivity index (χ0) is 16.3. The predicted octanol–water partition coefficient (Wildman–Crippen LogP) is 3.51. The lowest BCUT2D eigenvalue weighted by atomic mass is 10.1. The van der Waals surface area contributed by atoms with Crippen LogP contribution in [-0.4, -0.2) is 0 Å². The minimum atomic E-state index is -2.99. The smallest absolute Gasteiger partial charge is 0.171 e. The Morgan fingerprint density at radius 2 is 1.30 bits per heavy atom. The Balaban J connectivity index is 2.30. The highest BCUT2D eigenvalue weighted by Crippen LogP contribution is 2.42. The molecule has 3 heteroatoms. The highest BCUT2D eigenvalue weighted by molar-refractivity contribution is 7.85. The zero-order valence-corrected chi connectivity index (χ0v) is 13.7. The van der Waals surface area contributed by atoms with Crippen molar-refractivity contribution in [2.75, 3.05) is 0 Å². The number of hydrogen-bond acceptors (Lipinski definition) is 2. The highest BCUT2D eigenvalue weighted by atomic mass is 31.2. The zero-order valence-electron chi connectivity index (χ0n) is 12.8. The van der Waals surface area contributed by atoms with Crippen LogP contribution in [0.3, 0.4) is 0 Å². The van der Waals surface area contributed by atoms with Crippen LogP contribution in [-0.2, 0) is 4.57 Å². The fourth-order valence-corrected chi connectivity index (χ4v) is 5.32. The van der Waals surface area contributed by atoms with Gasteiger partial charge in [-0.1, -0.05) is 72.8 Å². The fourth-order valence-electron chi connectivity index (χ4n) is 2.65. The maximum Gasteiger partial charge on any atom is 0.171 e. The lowest BCUT2D eigenvalue weighted by Crippen LogP contribution is -2.25. The Morgan fingerprint density at radius 1 is 0.783 bits per heavy atom. The molecule has 0 aliphatic heterocycles. The van der Waals surface area contributed by atoms with Gasteiger partial charge in [-0.15, -0.1) is 0 Å². The molecule has 0 saturated carbocycles. The van der Waals surface area contributed by atoms with Crippen LogP contribution in [0, 0.1) is 18.3 Å². The molecule has 0 spiro atoms. The molecule has 0 aliphatic rings. The number of nitrogens with zero attached hydrogens (tertiary/aromatic N) is 1. The van der Waals surface area contributed by atoms with Gasteiger partial charge in [0.2, 0.25) is 0 Å². The third-order valence-electron chi connectivity index (χ3n) is 3.94. The van der Waals surface area contributed by atoms with E-state index in [-0.39, 0.29) is 0 Å². The van der Waals surface area contributed by atoms with Gasteiger partial charge in [-0.25, -0.2) is 0 Å². The van der Waals surface area contributed by atoms with Crippen molar-refractivity contribution in [3.05, 3.63) is 90.0 Å². The normalized spacial score (nSPS) is 11.0. The van der Waals surface area contributed by atoms with Gasteiger partial charge in [-0.3, -0.25) is 0 Å². The SMILES string of the molecule is Cc1ccc(P(=O)(c2ccccc2)c2ccccc2)cc1C#N. The Bertz CT molecular complexity index is 868. The maximum atomic E-state index is 14.1. The maximum absolute atomic E-state index is 14.1. The first-order valence-corrected chi connectivity index (χ1v) is 9.09. The second-order valence-corrected chi connectivity index (χ2v) is 8.16. The van der Waals surface area contributed by atoms with Crippen molar-refractivity contribution >= 4 is 23.1 Å². The van der Waals surface area contributed by atoms with E-state index in [1.54, 1.807) is 6.07 Å². The summed E-state index contributed by atoms with van der Waals surface area (Å²) in [4.78, 5) is 0. The van der Waals surface area contributed by atoms with Crippen molar-refractivity contribution in [2.45, 2.75) is 6.92 Å². The molecule has 23 heavy (non-hydrogen) atoms. The van der Waals surface area contributed by atoms with E-state index < -0.39 is 7.14 Å². The summed E-state index contributed by atoms with van der Waals surface area (Å²) in [7, 11) is -2.99. The van der Waals surface area contributed by atoms with Crippen LogP contribution in [0.1, 0.15) is 11.1 Å². The Labute approximate surface area is 136 Å². The van der Waals surface area contributed by atoms with E-state index in [0.29, 0.717) is 10.9 Å². The minimum absolute atomic E-state index is 0.564. The molecule has 3 aromatic rings. The van der Waals surface area contributed by atoms with E-state index in [4.69, 9.17) is 0 Å². The number of aryl methyl sites for hydroxylation is 1. The Kier molecular flexibility index (Phi) is 4.15. The van der Waals surface area contributed by atoms with Gasteiger partial charge >= 0.3 is 0 Å². The Hall–Kier alpha value is -2.62. The molecule has 0 bridgehead atoms. The largest absolute Gasteiger partial charge is 0.309 e. The third-order valence-corrected chi connectivity index (χ3v) is 7.00. The average molecular weight is 317 g/mol.